The van der Waals surface area contributed by atoms with Gasteiger partial charge in [-0.05, 0) is 25.7 Å². The van der Waals surface area contributed by atoms with E-state index < -0.39 is 0 Å². The van der Waals surface area contributed by atoms with E-state index in [-0.39, 0.29) is 6.29 Å². The highest BCUT2D eigenvalue weighted by molar-refractivity contribution is 4.65. The molecule has 2 nitrogen and oxygen atoms in total. The van der Waals surface area contributed by atoms with E-state index in [1.165, 1.54) is 12.8 Å². The van der Waals surface area contributed by atoms with Gasteiger partial charge in [0.25, 0.3) is 0 Å². The van der Waals surface area contributed by atoms with Crippen LogP contribution in [0.2, 0.25) is 0 Å². The molecule has 0 spiro atoms. The van der Waals surface area contributed by atoms with E-state index in [0.29, 0.717) is 0 Å². The molecule has 1 saturated heterocycles. The summed E-state index contributed by atoms with van der Waals surface area (Å²) in [5.41, 5.74) is 0. The Balaban J connectivity index is 2.00. The summed E-state index contributed by atoms with van der Waals surface area (Å²) in [6.45, 7) is 5.23. The molecule has 0 saturated carbocycles. The first-order chi connectivity index (χ1) is 5.43. The predicted molar refractivity (Wildman–Crippen MR) is 44.4 cm³/mol. The van der Waals surface area contributed by atoms with Crippen molar-refractivity contribution in [2.45, 2.75) is 32.0 Å². The molecule has 0 aromatic heterocycles. The Morgan fingerprint density at radius 3 is 3.09 bits per heavy atom. The summed E-state index contributed by atoms with van der Waals surface area (Å²) in [6, 6.07) is 0. The average Bonchev–Trinajstić information content (AvgIpc) is 2.07. The molecule has 1 aliphatic heterocycles. The maximum Gasteiger partial charge on any atom is 0.157 e. The van der Waals surface area contributed by atoms with Crippen LogP contribution in [0.15, 0.2) is 12.7 Å². The van der Waals surface area contributed by atoms with Gasteiger partial charge in [-0.25, -0.2) is 0 Å². The van der Waals surface area contributed by atoms with E-state index in [4.69, 9.17) is 9.47 Å². The monoisotopic (exact) mass is 156 g/mol. The first-order valence-corrected chi connectivity index (χ1v) is 4.27. The second-order valence-electron chi connectivity index (χ2n) is 2.74. The third-order valence-electron chi connectivity index (χ3n) is 1.76. The van der Waals surface area contributed by atoms with Crippen LogP contribution in [0.4, 0.5) is 0 Å². The standard InChI is InChI=1S/C9H16O2/c1-2-3-7-10-9-6-4-5-8-11-9/h2,9H,1,3-8H2/t9-/m0/s1. The summed E-state index contributed by atoms with van der Waals surface area (Å²) in [5, 5.41) is 0. The quantitative estimate of drug-likeness (QED) is 0.458. The summed E-state index contributed by atoms with van der Waals surface area (Å²) >= 11 is 0. The highest BCUT2D eigenvalue weighted by atomic mass is 16.7. The van der Waals surface area contributed by atoms with Gasteiger partial charge in [0.05, 0.1) is 6.61 Å². The SMILES string of the molecule is C=CCCO[C@@H]1CCCCO1. The molecule has 0 aliphatic carbocycles. The molecular weight excluding hydrogens is 140 g/mol. The van der Waals surface area contributed by atoms with Gasteiger partial charge in [-0.15, -0.1) is 6.58 Å². The Kier molecular flexibility index (Phi) is 4.24. The molecule has 0 bridgehead atoms. The highest BCUT2D eigenvalue weighted by Gasteiger charge is 2.12. The van der Waals surface area contributed by atoms with Crippen molar-refractivity contribution >= 4 is 0 Å². The van der Waals surface area contributed by atoms with Crippen LogP contribution in [0.1, 0.15) is 25.7 Å². The zero-order chi connectivity index (χ0) is 7.94. The third kappa shape index (κ3) is 3.54. The molecule has 1 atom stereocenters. The number of hydrogen-bond acceptors (Lipinski definition) is 2. The van der Waals surface area contributed by atoms with Crippen LogP contribution < -0.4 is 0 Å². The minimum atomic E-state index is 0.0590. The predicted octanol–water partition coefficient (Wildman–Crippen LogP) is 2.11. The van der Waals surface area contributed by atoms with Crippen molar-refractivity contribution in [2.24, 2.45) is 0 Å². The van der Waals surface area contributed by atoms with Crippen molar-refractivity contribution in [3.8, 4) is 0 Å². The Bertz CT molecular complexity index is 106. The number of ether oxygens (including phenoxy) is 2. The Morgan fingerprint density at radius 2 is 2.45 bits per heavy atom. The summed E-state index contributed by atoms with van der Waals surface area (Å²) in [6.07, 6.45) is 6.31. The zero-order valence-corrected chi connectivity index (χ0v) is 6.92. The van der Waals surface area contributed by atoms with Crippen LogP contribution in [-0.2, 0) is 9.47 Å². The van der Waals surface area contributed by atoms with E-state index in [0.717, 1.165) is 26.1 Å². The molecule has 0 aromatic carbocycles. The lowest BCUT2D eigenvalue weighted by Crippen LogP contribution is -2.22. The first-order valence-electron chi connectivity index (χ1n) is 4.27. The van der Waals surface area contributed by atoms with Gasteiger partial charge in [0.2, 0.25) is 0 Å². The van der Waals surface area contributed by atoms with Crippen molar-refractivity contribution in [3.05, 3.63) is 12.7 Å². The molecule has 1 aliphatic rings. The van der Waals surface area contributed by atoms with Crippen molar-refractivity contribution in [1.82, 2.24) is 0 Å². The summed E-state index contributed by atoms with van der Waals surface area (Å²) in [7, 11) is 0. The van der Waals surface area contributed by atoms with E-state index in [1.807, 2.05) is 6.08 Å². The molecule has 64 valence electrons. The number of hydrogen-bond donors (Lipinski definition) is 0. The molecule has 0 unspecified atom stereocenters. The van der Waals surface area contributed by atoms with Gasteiger partial charge < -0.3 is 9.47 Å². The first kappa shape index (κ1) is 8.75. The van der Waals surface area contributed by atoms with E-state index in [9.17, 15) is 0 Å². The van der Waals surface area contributed by atoms with Crippen molar-refractivity contribution in [2.75, 3.05) is 13.2 Å². The van der Waals surface area contributed by atoms with Crippen molar-refractivity contribution in [1.29, 1.82) is 0 Å². The molecular formula is C9H16O2. The second-order valence-corrected chi connectivity index (χ2v) is 2.74. The maximum absolute atomic E-state index is 5.43. The molecule has 1 fully saturated rings. The Morgan fingerprint density at radius 1 is 1.55 bits per heavy atom. The van der Waals surface area contributed by atoms with Crippen LogP contribution in [-0.4, -0.2) is 19.5 Å². The van der Waals surface area contributed by atoms with Gasteiger partial charge >= 0.3 is 0 Å². The van der Waals surface area contributed by atoms with Crippen molar-refractivity contribution < 1.29 is 9.47 Å². The van der Waals surface area contributed by atoms with Gasteiger partial charge in [-0.1, -0.05) is 6.08 Å². The summed E-state index contributed by atoms with van der Waals surface area (Å²) in [5.74, 6) is 0. The van der Waals surface area contributed by atoms with Crippen LogP contribution in [0.3, 0.4) is 0 Å². The molecule has 1 rings (SSSR count). The smallest absolute Gasteiger partial charge is 0.157 e. The molecule has 2 heteroatoms. The van der Waals surface area contributed by atoms with Crippen LogP contribution in [0.25, 0.3) is 0 Å². The normalized spacial score (nSPS) is 24.9. The Hall–Kier alpha value is -0.340. The third-order valence-corrected chi connectivity index (χ3v) is 1.76. The molecule has 1 heterocycles. The van der Waals surface area contributed by atoms with Gasteiger partial charge in [0.1, 0.15) is 0 Å². The minimum Gasteiger partial charge on any atom is -0.353 e. The summed E-state index contributed by atoms with van der Waals surface area (Å²) in [4.78, 5) is 0. The fourth-order valence-corrected chi connectivity index (χ4v) is 1.13. The zero-order valence-electron chi connectivity index (χ0n) is 6.92. The largest absolute Gasteiger partial charge is 0.353 e. The Labute approximate surface area is 68.2 Å². The lowest BCUT2D eigenvalue weighted by Gasteiger charge is -2.22. The van der Waals surface area contributed by atoms with E-state index in [2.05, 4.69) is 6.58 Å². The van der Waals surface area contributed by atoms with Crippen LogP contribution in [0, 0.1) is 0 Å². The topological polar surface area (TPSA) is 18.5 Å². The fraction of sp³-hybridized carbons (Fsp3) is 0.778. The number of rotatable bonds is 4. The molecule has 0 amide bonds. The van der Waals surface area contributed by atoms with Gasteiger partial charge in [0, 0.05) is 6.61 Å². The highest BCUT2D eigenvalue weighted by Crippen LogP contribution is 2.13. The van der Waals surface area contributed by atoms with Crippen molar-refractivity contribution in [3.63, 3.8) is 0 Å². The van der Waals surface area contributed by atoms with Crippen LogP contribution in [0.5, 0.6) is 0 Å². The second kappa shape index (κ2) is 5.33. The fourth-order valence-electron chi connectivity index (χ4n) is 1.13. The molecule has 0 N–H and O–H groups in total. The van der Waals surface area contributed by atoms with Gasteiger partial charge in [0.15, 0.2) is 6.29 Å². The average molecular weight is 156 g/mol. The molecule has 0 radical (unpaired) electrons. The van der Waals surface area contributed by atoms with E-state index in [1.54, 1.807) is 0 Å². The van der Waals surface area contributed by atoms with E-state index >= 15 is 0 Å². The van der Waals surface area contributed by atoms with Gasteiger partial charge in [-0.3, -0.25) is 0 Å². The maximum atomic E-state index is 5.43. The lowest BCUT2D eigenvalue weighted by atomic mass is 10.2. The van der Waals surface area contributed by atoms with Gasteiger partial charge in [-0.2, -0.15) is 0 Å². The lowest BCUT2D eigenvalue weighted by molar-refractivity contribution is -0.161. The van der Waals surface area contributed by atoms with Crippen LogP contribution >= 0.6 is 0 Å². The minimum absolute atomic E-state index is 0.0590. The molecule has 0 aromatic rings. The molecule has 11 heavy (non-hydrogen) atoms. The summed E-state index contributed by atoms with van der Waals surface area (Å²) < 4.78 is 10.8.